The van der Waals surface area contributed by atoms with E-state index in [1.165, 1.54) is 12.1 Å². The third kappa shape index (κ3) is 8.34. The fourth-order valence-electron chi connectivity index (χ4n) is 3.82. The Morgan fingerprint density at radius 3 is 2.26 bits per heavy atom. The molecule has 0 aromatic heterocycles. The van der Waals surface area contributed by atoms with Gasteiger partial charge < -0.3 is 10.0 Å². The molecule has 0 amide bonds. The number of halogens is 2. The minimum atomic E-state index is -0.833. The van der Waals surface area contributed by atoms with Crippen molar-refractivity contribution < 1.29 is 53.0 Å². The van der Waals surface area contributed by atoms with E-state index in [0.717, 1.165) is 47.4 Å². The average Bonchev–Trinajstić information content (AvgIpc) is 3.41. The van der Waals surface area contributed by atoms with Gasteiger partial charge in [0.25, 0.3) is 5.97 Å². The van der Waals surface area contributed by atoms with E-state index < -0.39 is 17.6 Å². The zero-order chi connectivity index (χ0) is 27.1. The van der Waals surface area contributed by atoms with Crippen molar-refractivity contribution in [1.82, 2.24) is 0 Å². The molecule has 0 saturated carbocycles. The summed E-state index contributed by atoms with van der Waals surface area (Å²) in [5, 5.41) is 8.31. The van der Waals surface area contributed by atoms with Crippen molar-refractivity contribution in [3.8, 4) is 11.1 Å². The summed E-state index contributed by atoms with van der Waals surface area (Å²) >= 11 is 1.68. The first-order chi connectivity index (χ1) is 18.3. The van der Waals surface area contributed by atoms with Gasteiger partial charge in [0, 0.05) is 30.0 Å². The number of thioether (sulfide) groups is 1. The third-order valence-corrected chi connectivity index (χ3v) is 6.36. The predicted molar refractivity (Wildman–Crippen MR) is 148 cm³/mol. The van der Waals surface area contributed by atoms with Gasteiger partial charge in [-0.1, -0.05) is 41.7 Å². The van der Waals surface area contributed by atoms with Crippen LogP contribution < -0.4 is 34.5 Å². The molecule has 0 saturated heterocycles. The van der Waals surface area contributed by atoms with Gasteiger partial charge in [-0.25, -0.2) is 8.78 Å². The van der Waals surface area contributed by atoms with Crippen LogP contribution in [0.1, 0.15) is 12.5 Å². The number of carboxylic acids is 1. The maximum absolute atomic E-state index is 13.6. The van der Waals surface area contributed by atoms with Gasteiger partial charge in [-0.05, 0) is 53.1 Å². The molecule has 5 nitrogen and oxygen atoms in total. The van der Waals surface area contributed by atoms with Crippen LogP contribution in [0.2, 0.25) is 0 Å². The second-order valence-electron chi connectivity index (χ2n) is 8.27. The second-order valence-corrected chi connectivity index (χ2v) is 9.33. The zero-order valence-electron chi connectivity index (χ0n) is 21.4. The van der Waals surface area contributed by atoms with E-state index in [2.05, 4.69) is 11.1 Å². The first-order valence-corrected chi connectivity index (χ1v) is 12.6. The zero-order valence-corrected chi connectivity index (χ0v) is 24.2. The number of hydrogen-bond acceptors (Lipinski definition) is 5. The Hall–Kier alpha value is -3.30. The molecule has 3 aromatic carbocycles. The average molecular weight is 553 g/mol. The van der Waals surface area contributed by atoms with Crippen LogP contribution in [0.5, 0.6) is 0 Å². The molecule has 1 aliphatic heterocycles. The van der Waals surface area contributed by atoms with Crippen molar-refractivity contribution in [2.75, 3.05) is 17.2 Å². The Kier molecular flexibility index (Phi) is 11.0. The van der Waals surface area contributed by atoms with Crippen LogP contribution in [0.15, 0.2) is 101 Å². The quantitative estimate of drug-likeness (QED) is 0.305. The van der Waals surface area contributed by atoms with Crippen molar-refractivity contribution in [2.24, 2.45) is 4.99 Å². The molecule has 192 valence electrons. The van der Waals surface area contributed by atoms with Crippen LogP contribution in [-0.4, -0.2) is 34.3 Å². The molecule has 5 rings (SSSR count). The van der Waals surface area contributed by atoms with Gasteiger partial charge in [0.15, 0.2) is 11.0 Å². The molecule has 0 atom stereocenters. The van der Waals surface area contributed by atoms with Crippen molar-refractivity contribution in [2.45, 2.75) is 6.92 Å². The molecule has 1 heterocycles. The Bertz CT molecular complexity index is 1450. The van der Waals surface area contributed by atoms with E-state index in [-0.39, 0.29) is 35.3 Å². The number of carboxylic acid groups (broad SMARTS) is 1. The number of amidine groups is 1. The summed E-state index contributed by atoms with van der Waals surface area (Å²) in [6.45, 7) is 1.84. The topological polar surface area (TPSA) is 70.0 Å². The van der Waals surface area contributed by atoms with Crippen molar-refractivity contribution in [3.63, 3.8) is 0 Å². The number of allylic oxidation sites excluding steroid dienone is 4. The van der Waals surface area contributed by atoms with Crippen LogP contribution in [0.25, 0.3) is 17.2 Å². The normalized spacial score (nSPS) is 15.1. The minimum absolute atomic E-state index is 0. The molecule has 2 aliphatic rings. The molecule has 1 aliphatic carbocycles. The standard InChI is InChI=1S/C28H19F2N2OS.C2H4O2.Na/c29-23-15-21(16-24(30)18-23)20-8-6-19(7-9-20)14-22-17-26(10-11-27(22)33)32(28-31-12-13-34-28)25-4-2-1-3-5-25;1-2(3)4;/h2-11,14-18H,12-13H2;1H3,(H,3,4);/q-1;;+1. The molecule has 9 heteroatoms. The maximum atomic E-state index is 13.6. The van der Waals surface area contributed by atoms with E-state index in [9.17, 15) is 13.6 Å². The van der Waals surface area contributed by atoms with Gasteiger partial charge in [0.2, 0.25) is 0 Å². The van der Waals surface area contributed by atoms with E-state index in [1.54, 1.807) is 36.0 Å². The Morgan fingerprint density at radius 1 is 1.03 bits per heavy atom. The number of carbonyl (C=O) groups is 2. The number of nitrogens with zero attached hydrogens (tertiary/aromatic N) is 2. The molecule has 39 heavy (non-hydrogen) atoms. The molecule has 0 unspecified atom stereocenters. The molecule has 0 fully saturated rings. The number of anilines is 1. The summed E-state index contributed by atoms with van der Waals surface area (Å²) in [5.74, 6) is -1.25. The van der Waals surface area contributed by atoms with Crippen LogP contribution >= 0.6 is 11.8 Å². The van der Waals surface area contributed by atoms with E-state index in [1.807, 2.05) is 53.5 Å². The summed E-state index contributed by atoms with van der Waals surface area (Å²) in [4.78, 5) is 28.3. The van der Waals surface area contributed by atoms with Crippen molar-refractivity contribution in [1.29, 1.82) is 0 Å². The molecule has 0 spiro atoms. The molecule has 0 radical (unpaired) electrons. The Morgan fingerprint density at radius 2 is 1.67 bits per heavy atom. The van der Waals surface area contributed by atoms with Crippen LogP contribution in [0.3, 0.4) is 0 Å². The summed E-state index contributed by atoms with van der Waals surface area (Å²) in [5.41, 5.74) is 4.29. The maximum Gasteiger partial charge on any atom is 1.00 e. The number of aliphatic carboxylic acids is 1. The third-order valence-electron chi connectivity index (χ3n) is 5.40. The fourth-order valence-corrected chi connectivity index (χ4v) is 4.70. The van der Waals surface area contributed by atoms with E-state index in [0.29, 0.717) is 16.7 Å². The molecule has 3 aromatic rings. The van der Waals surface area contributed by atoms with Crippen molar-refractivity contribution in [3.05, 3.63) is 119 Å². The summed E-state index contributed by atoms with van der Waals surface area (Å²) in [6, 6.07) is 21.3. The first-order valence-electron chi connectivity index (χ1n) is 11.7. The van der Waals surface area contributed by atoms with Gasteiger partial charge in [-0.2, -0.15) is 18.2 Å². The van der Waals surface area contributed by atoms with Gasteiger partial charge in [0.05, 0.1) is 6.54 Å². The number of carbonyl (C=O) groups excluding carboxylic acids is 1. The first kappa shape index (κ1) is 30.2. The van der Waals surface area contributed by atoms with Gasteiger partial charge in [-0.3, -0.25) is 14.6 Å². The summed E-state index contributed by atoms with van der Waals surface area (Å²) in [6.07, 6.45) is 7.03. The van der Waals surface area contributed by atoms with E-state index in [4.69, 9.17) is 9.90 Å². The summed E-state index contributed by atoms with van der Waals surface area (Å²) in [7, 11) is 0. The largest absolute Gasteiger partial charge is 1.00 e. The Balaban J connectivity index is 0.000000788. The fraction of sp³-hybridized carbons (Fsp3) is 0.100. The van der Waals surface area contributed by atoms with Gasteiger partial charge >= 0.3 is 29.6 Å². The van der Waals surface area contributed by atoms with Crippen LogP contribution in [0, 0.1) is 17.7 Å². The summed E-state index contributed by atoms with van der Waals surface area (Å²) < 4.78 is 27.1. The van der Waals surface area contributed by atoms with Gasteiger partial charge in [-0.15, -0.1) is 12.1 Å². The number of rotatable bonds is 4. The number of benzene rings is 3. The predicted octanol–water partition coefficient (Wildman–Crippen LogP) is 3.54. The number of ketones is 1. The van der Waals surface area contributed by atoms with E-state index >= 15 is 0 Å². The second kappa shape index (κ2) is 14.2. The van der Waals surface area contributed by atoms with Gasteiger partial charge in [0.1, 0.15) is 11.6 Å². The number of hydrogen-bond donors (Lipinski definition) is 1. The van der Waals surface area contributed by atoms with Crippen LogP contribution in [-0.2, 0) is 9.59 Å². The Labute approximate surface area is 251 Å². The SMILES string of the molecule is CC(=O)O.O=C1C=CC(N(C2=NCCS2)c2cc[c-]cc2)=CC1=Cc1ccc(-c2cc(F)cc(F)c2)cc1.[Na+]. The van der Waals surface area contributed by atoms with Crippen molar-refractivity contribution >= 4 is 40.4 Å². The monoisotopic (exact) mass is 552 g/mol. The minimum Gasteiger partial charge on any atom is -0.481 e. The molecular weight excluding hydrogens is 529 g/mol. The molecule has 1 N–H and O–H groups in total. The number of aliphatic imine (C=N–C) groups is 1. The smallest absolute Gasteiger partial charge is 0.481 e. The van der Waals surface area contributed by atoms with Crippen LogP contribution in [0.4, 0.5) is 14.5 Å². The molecular formula is C30H23F2N2NaO3S. The molecule has 0 bridgehead atoms.